The van der Waals surface area contributed by atoms with E-state index in [0.717, 1.165) is 16.8 Å². The van der Waals surface area contributed by atoms with Crippen LogP contribution in [0.2, 0.25) is 0 Å². The number of hydrogen-bond donors (Lipinski definition) is 0. The van der Waals surface area contributed by atoms with Crippen LogP contribution in [0.5, 0.6) is 11.5 Å². The quantitative estimate of drug-likeness (QED) is 0.694. The number of ether oxygens (including phenoxy) is 2. The van der Waals surface area contributed by atoms with Crippen LogP contribution >= 0.6 is 22.6 Å². The van der Waals surface area contributed by atoms with Gasteiger partial charge in [0.05, 0.1) is 31.5 Å². The SMILES string of the molecule is COc1ccc2c(c1OC)C(=O)N1N=C(c3ccc(I)cc3)CC21. The van der Waals surface area contributed by atoms with Gasteiger partial charge in [0.1, 0.15) is 0 Å². The zero-order valence-corrected chi connectivity index (χ0v) is 15.4. The number of halogens is 1. The predicted molar refractivity (Wildman–Crippen MR) is 98.8 cm³/mol. The van der Waals surface area contributed by atoms with Crippen molar-refractivity contribution in [3.8, 4) is 11.5 Å². The number of hydrazone groups is 1. The van der Waals surface area contributed by atoms with Crippen molar-refractivity contribution in [3.63, 3.8) is 0 Å². The smallest absolute Gasteiger partial charge is 0.278 e. The molecule has 2 aromatic rings. The van der Waals surface area contributed by atoms with Crippen molar-refractivity contribution in [3.05, 3.63) is 56.7 Å². The number of benzene rings is 2. The van der Waals surface area contributed by atoms with Gasteiger partial charge in [0.15, 0.2) is 11.5 Å². The standard InChI is InChI=1S/C18H15IN2O3/c1-23-15-8-7-12-14-9-13(10-3-5-11(19)6-4-10)20-21(14)18(22)16(12)17(15)24-2/h3-8,14H,9H2,1-2H3. The molecule has 2 aromatic carbocycles. The van der Waals surface area contributed by atoms with Gasteiger partial charge in [-0.2, -0.15) is 5.10 Å². The second-order valence-corrected chi connectivity index (χ2v) is 6.93. The molecule has 5 nitrogen and oxygen atoms in total. The van der Waals surface area contributed by atoms with Crippen LogP contribution in [0.3, 0.4) is 0 Å². The number of methoxy groups -OCH3 is 2. The summed E-state index contributed by atoms with van der Waals surface area (Å²) >= 11 is 2.27. The second-order valence-electron chi connectivity index (χ2n) is 5.69. The lowest BCUT2D eigenvalue weighted by Gasteiger charge is -2.12. The molecule has 24 heavy (non-hydrogen) atoms. The Morgan fingerprint density at radius 3 is 2.54 bits per heavy atom. The first-order valence-corrected chi connectivity index (χ1v) is 8.63. The van der Waals surface area contributed by atoms with Crippen LogP contribution in [-0.4, -0.2) is 30.8 Å². The Hall–Kier alpha value is -2.09. The Morgan fingerprint density at radius 1 is 1.12 bits per heavy atom. The summed E-state index contributed by atoms with van der Waals surface area (Å²) in [5.74, 6) is 0.916. The molecule has 0 N–H and O–H groups in total. The molecule has 6 heteroatoms. The summed E-state index contributed by atoms with van der Waals surface area (Å²) in [7, 11) is 3.12. The number of hydrogen-bond acceptors (Lipinski definition) is 4. The molecule has 1 amide bonds. The maximum absolute atomic E-state index is 12.8. The fraction of sp³-hybridized carbons (Fsp3) is 0.222. The van der Waals surface area contributed by atoms with Crippen LogP contribution in [0.25, 0.3) is 0 Å². The summed E-state index contributed by atoms with van der Waals surface area (Å²) in [5, 5.41) is 6.15. The van der Waals surface area contributed by atoms with E-state index in [1.807, 2.05) is 36.4 Å². The largest absolute Gasteiger partial charge is 0.493 e. The van der Waals surface area contributed by atoms with E-state index < -0.39 is 0 Å². The number of rotatable bonds is 3. The molecule has 2 aliphatic rings. The highest BCUT2D eigenvalue weighted by Crippen LogP contribution is 2.47. The lowest BCUT2D eigenvalue weighted by molar-refractivity contribution is 0.0753. The molecule has 1 unspecified atom stereocenters. The number of carbonyl (C=O) groups excluding carboxylic acids is 1. The predicted octanol–water partition coefficient (Wildman–Crippen LogP) is 3.61. The van der Waals surface area contributed by atoms with Crippen molar-refractivity contribution >= 4 is 34.2 Å². The average molecular weight is 434 g/mol. The molecule has 0 radical (unpaired) electrons. The molecule has 1 atom stereocenters. The highest BCUT2D eigenvalue weighted by Gasteiger charge is 2.44. The van der Waals surface area contributed by atoms with Crippen LogP contribution in [0, 0.1) is 3.57 Å². The summed E-state index contributed by atoms with van der Waals surface area (Å²) in [4.78, 5) is 12.8. The number of nitrogens with zero attached hydrogens (tertiary/aromatic N) is 2. The number of amides is 1. The molecule has 0 spiro atoms. The van der Waals surface area contributed by atoms with Crippen LogP contribution < -0.4 is 9.47 Å². The Kier molecular flexibility index (Phi) is 3.71. The normalized spacial score (nSPS) is 18.3. The first-order valence-electron chi connectivity index (χ1n) is 7.56. The zero-order chi connectivity index (χ0) is 16.8. The van der Waals surface area contributed by atoms with E-state index in [9.17, 15) is 4.79 Å². The lowest BCUT2D eigenvalue weighted by atomic mass is 9.97. The topological polar surface area (TPSA) is 51.1 Å². The third-order valence-corrected chi connectivity index (χ3v) is 5.17. The highest BCUT2D eigenvalue weighted by molar-refractivity contribution is 14.1. The Morgan fingerprint density at radius 2 is 1.88 bits per heavy atom. The molecule has 0 aromatic heterocycles. The fourth-order valence-corrected chi connectivity index (χ4v) is 3.67. The summed E-state index contributed by atoms with van der Waals surface area (Å²) in [6, 6.07) is 11.9. The van der Waals surface area contributed by atoms with Gasteiger partial charge in [0.25, 0.3) is 5.91 Å². The molecule has 2 aliphatic heterocycles. The van der Waals surface area contributed by atoms with E-state index in [2.05, 4.69) is 27.7 Å². The first kappa shape index (κ1) is 15.4. The van der Waals surface area contributed by atoms with Gasteiger partial charge in [0, 0.05) is 9.99 Å². The zero-order valence-electron chi connectivity index (χ0n) is 13.2. The summed E-state index contributed by atoms with van der Waals surface area (Å²) in [6.45, 7) is 0. The van der Waals surface area contributed by atoms with E-state index in [0.29, 0.717) is 23.5 Å². The third-order valence-electron chi connectivity index (χ3n) is 4.45. The van der Waals surface area contributed by atoms with Crippen LogP contribution in [0.15, 0.2) is 41.5 Å². The van der Waals surface area contributed by atoms with Gasteiger partial charge < -0.3 is 9.47 Å². The minimum absolute atomic E-state index is 0.0680. The Bertz CT molecular complexity index is 861. The van der Waals surface area contributed by atoms with E-state index in [4.69, 9.17) is 9.47 Å². The van der Waals surface area contributed by atoms with Crippen LogP contribution in [-0.2, 0) is 0 Å². The molecular weight excluding hydrogens is 419 g/mol. The molecule has 0 saturated heterocycles. The molecular formula is C18H15IN2O3. The van der Waals surface area contributed by atoms with Crippen LogP contribution in [0.1, 0.15) is 33.9 Å². The van der Waals surface area contributed by atoms with Gasteiger partial charge in [-0.25, -0.2) is 5.01 Å². The van der Waals surface area contributed by atoms with Crippen molar-refractivity contribution in [2.75, 3.05) is 14.2 Å². The molecule has 0 bridgehead atoms. The maximum atomic E-state index is 12.8. The summed E-state index contributed by atoms with van der Waals surface area (Å²) < 4.78 is 11.9. The van der Waals surface area contributed by atoms with E-state index in [1.54, 1.807) is 19.2 Å². The summed E-state index contributed by atoms with van der Waals surface area (Å²) in [6.07, 6.45) is 0.703. The van der Waals surface area contributed by atoms with Gasteiger partial charge in [-0.05, 0) is 51.9 Å². The van der Waals surface area contributed by atoms with Gasteiger partial charge in [0.2, 0.25) is 0 Å². The monoisotopic (exact) mass is 434 g/mol. The second kappa shape index (κ2) is 5.77. The fourth-order valence-electron chi connectivity index (χ4n) is 3.31. The molecule has 0 fully saturated rings. The highest BCUT2D eigenvalue weighted by atomic mass is 127. The number of fused-ring (bicyclic) bond motifs is 3. The van der Waals surface area contributed by atoms with E-state index in [-0.39, 0.29) is 11.9 Å². The average Bonchev–Trinajstić information content (AvgIpc) is 3.14. The van der Waals surface area contributed by atoms with Gasteiger partial charge in [-0.3, -0.25) is 4.79 Å². The van der Waals surface area contributed by atoms with Crippen molar-refractivity contribution in [1.29, 1.82) is 0 Å². The van der Waals surface area contributed by atoms with Crippen molar-refractivity contribution < 1.29 is 14.3 Å². The van der Waals surface area contributed by atoms with Gasteiger partial charge >= 0.3 is 0 Å². The number of carbonyl (C=O) groups is 1. The Balaban J connectivity index is 1.74. The van der Waals surface area contributed by atoms with Crippen molar-refractivity contribution in [2.45, 2.75) is 12.5 Å². The minimum atomic E-state index is -0.133. The van der Waals surface area contributed by atoms with Gasteiger partial charge in [-0.15, -0.1) is 0 Å². The molecule has 122 valence electrons. The van der Waals surface area contributed by atoms with Crippen molar-refractivity contribution in [2.24, 2.45) is 5.10 Å². The molecule has 2 heterocycles. The van der Waals surface area contributed by atoms with Gasteiger partial charge in [-0.1, -0.05) is 18.2 Å². The maximum Gasteiger partial charge on any atom is 0.278 e. The van der Waals surface area contributed by atoms with Crippen LogP contribution in [0.4, 0.5) is 0 Å². The minimum Gasteiger partial charge on any atom is -0.493 e. The molecule has 4 rings (SSSR count). The third kappa shape index (κ3) is 2.20. The van der Waals surface area contributed by atoms with E-state index in [1.165, 1.54) is 3.57 Å². The lowest BCUT2D eigenvalue weighted by Crippen LogP contribution is -2.18. The summed E-state index contributed by atoms with van der Waals surface area (Å²) in [5.41, 5.74) is 3.50. The van der Waals surface area contributed by atoms with E-state index >= 15 is 0 Å². The molecule has 0 aliphatic carbocycles. The Labute approximate surface area is 153 Å². The molecule has 0 saturated carbocycles. The first-order chi connectivity index (χ1) is 11.6. The van der Waals surface area contributed by atoms with Crippen molar-refractivity contribution in [1.82, 2.24) is 5.01 Å².